The molecule has 0 saturated carbocycles. The summed E-state index contributed by atoms with van der Waals surface area (Å²) in [6.45, 7) is 0. The Bertz CT molecular complexity index is 601. The number of alkyl halides is 3. The first kappa shape index (κ1) is 14.0. The van der Waals surface area contributed by atoms with Crippen LogP contribution in [0.3, 0.4) is 0 Å². The van der Waals surface area contributed by atoms with Gasteiger partial charge in [-0.05, 0) is 35.4 Å². The molecule has 100 valence electrons. The zero-order chi connectivity index (χ0) is 14.2. The molecule has 0 amide bonds. The zero-order valence-corrected chi connectivity index (χ0v) is 10.9. The molecule has 2 N–H and O–H groups in total. The van der Waals surface area contributed by atoms with Gasteiger partial charge in [-0.2, -0.15) is 13.2 Å². The summed E-state index contributed by atoms with van der Waals surface area (Å²) < 4.78 is 37.9. The van der Waals surface area contributed by atoms with Crippen LogP contribution in [0.4, 0.5) is 18.9 Å². The highest BCUT2D eigenvalue weighted by molar-refractivity contribution is 6.39. The Balaban J connectivity index is 2.54. The predicted molar refractivity (Wildman–Crippen MR) is 71.3 cm³/mol. The lowest BCUT2D eigenvalue weighted by Gasteiger charge is -2.10. The third-order valence-corrected chi connectivity index (χ3v) is 3.23. The van der Waals surface area contributed by atoms with Crippen molar-refractivity contribution in [2.24, 2.45) is 0 Å². The molecule has 19 heavy (non-hydrogen) atoms. The number of rotatable bonds is 1. The van der Waals surface area contributed by atoms with Crippen LogP contribution in [0.1, 0.15) is 5.56 Å². The highest BCUT2D eigenvalue weighted by Crippen LogP contribution is 2.36. The first-order valence-corrected chi connectivity index (χ1v) is 5.97. The monoisotopic (exact) mass is 305 g/mol. The number of halogens is 5. The van der Waals surface area contributed by atoms with Gasteiger partial charge in [0.05, 0.1) is 21.3 Å². The molecule has 0 radical (unpaired) electrons. The number of nitrogen functional groups attached to an aromatic ring is 1. The molecule has 0 unspecified atom stereocenters. The fourth-order valence-corrected chi connectivity index (χ4v) is 2.11. The number of nitrogens with two attached hydrogens (primary N) is 1. The Morgan fingerprint density at radius 3 is 2.00 bits per heavy atom. The fourth-order valence-electron chi connectivity index (χ4n) is 1.63. The molecule has 0 bridgehead atoms. The summed E-state index contributed by atoms with van der Waals surface area (Å²) in [7, 11) is 0. The first-order chi connectivity index (χ1) is 8.79. The van der Waals surface area contributed by atoms with E-state index in [4.69, 9.17) is 28.9 Å². The SMILES string of the molecule is Nc1c(Cl)cc(-c2cccc(C(F)(F)F)c2)cc1Cl. The van der Waals surface area contributed by atoms with E-state index >= 15 is 0 Å². The molecule has 0 aliphatic rings. The lowest BCUT2D eigenvalue weighted by Crippen LogP contribution is -2.04. The largest absolute Gasteiger partial charge is 0.416 e. The van der Waals surface area contributed by atoms with Gasteiger partial charge in [0, 0.05) is 0 Å². The summed E-state index contributed by atoms with van der Waals surface area (Å²) in [5.41, 5.74) is 5.92. The number of hydrogen-bond acceptors (Lipinski definition) is 1. The van der Waals surface area contributed by atoms with E-state index < -0.39 is 11.7 Å². The molecule has 0 aromatic heterocycles. The van der Waals surface area contributed by atoms with Crippen molar-refractivity contribution < 1.29 is 13.2 Å². The van der Waals surface area contributed by atoms with Gasteiger partial charge in [-0.1, -0.05) is 35.3 Å². The highest BCUT2D eigenvalue weighted by atomic mass is 35.5. The van der Waals surface area contributed by atoms with Crippen molar-refractivity contribution in [1.29, 1.82) is 0 Å². The van der Waals surface area contributed by atoms with Crippen LogP contribution in [0.15, 0.2) is 36.4 Å². The topological polar surface area (TPSA) is 26.0 Å². The van der Waals surface area contributed by atoms with Gasteiger partial charge in [-0.3, -0.25) is 0 Å². The van der Waals surface area contributed by atoms with Gasteiger partial charge < -0.3 is 5.73 Å². The Kier molecular flexibility index (Phi) is 3.65. The molecule has 1 nitrogen and oxygen atoms in total. The minimum atomic E-state index is -4.39. The van der Waals surface area contributed by atoms with Crippen molar-refractivity contribution in [3.8, 4) is 11.1 Å². The highest BCUT2D eigenvalue weighted by Gasteiger charge is 2.30. The van der Waals surface area contributed by atoms with Crippen molar-refractivity contribution in [2.75, 3.05) is 5.73 Å². The number of benzene rings is 2. The standard InChI is InChI=1S/C13H8Cl2F3N/c14-10-5-8(6-11(15)12(10)19)7-2-1-3-9(4-7)13(16,17)18/h1-6H,19H2. The van der Waals surface area contributed by atoms with Crippen molar-refractivity contribution >= 4 is 28.9 Å². The van der Waals surface area contributed by atoms with E-state index in [0.717, 1.165) is 12.1 Å². The molecule has 0 saturated heterocycles. The maximum atomic E-state index is 12.6. The lowest BCUT2D eigenvalue weighted by molar-refractivity contribution is -0.137. The van der Waals surface area contributed by atoms with Crippen molar-refractivity contribution in [1.82, 2.24) is 0 Å². The van der Waals surface area contributed by atoms with E-state index in [-0.39, 0.29) is 15.7 Å². The van der Waals surface area contributed by atoms with Gasteiger partial charge in [0.25, 0.3) is 0 Å². The van der Waals surface area contributed by atoms with Crippen LogP contribution in [0, 0.1) is 0 Å². The smallest absolute Gasteiger partial charge is 0.396 e. The molecule has 2 aromatic rings. The number of anilines is 1. The lowest BCUT2D eigenvalue weighted by atomic mass is 10.0. The molecule has 0 aliphatic heterocycles. The van der Waals surface area contributed by atoms with Gasteiger partial charge in [0.2, 0.25) is 0 Å². The molecule has 0 spiro atoms. The quantitative estimate of drug-likeness (QED) is 0.714. The molecule has 6 heteroatoms. The van der Waals surface area contributed by atoms with Crippen LogP contribution >= 0.6 is 23.2 Å². The summed E-state index contributed by atoms with van der Waals surface area (Å²) in [5.74, 6) is 0. The summed E-state index contributed by atoms with van der Waals surface area (Å²) >= 11 is 11.7. The van der Waals surface area contributed by atoms with Crippen LogP contribution in [-0.2, 0) is 6.18 Å². The Morgan fingerprint density at radius 1 is 0.895 bits per heavy atom. The van der Waals surface area contributed by atoms with E-state index in [1.54, 1.807) is 6.07 Å². The number of hydrogen-bond donors (Lipinski definition) is 1. The van der Waals surface area contributed by atoms with Gasteiger partial charge in [-0.25, -0.2) is 0 Å². The van der Waals surface area contributed by atoms with Gasteiger partial charge >= 0.3 is 6.18 Å². The third kappa shape index (κ3) is 2.96. The summed E-state index contributed by atoms with van der Waals surface area (Å²) in [6, 6.07) is 7.89. The van der Waals surface area contributed by atoms with Crippen LogP contribution in [0.5, 0.6) is 0 Å². The minimum absolute atomic E-state index is 0.207. The van der Waals surface area contributed by atoms with E-state index in [2.05, 4.69) is 0 Å². The van der Waals surface area contributed by atoms with Crippen LogP contribution in [-0.4, -0.2) is 0 Å². The van der Waals surface area contributed by atoms with Gasteiger partial charge in [-0.15, -0.1) is 0 Å². The van der Waals surface area contributed by atoms with Crippen LogP contribution in [0.25, 0.3) is 11.1 Å². The predicted octanol–water partition coefficient (Wildman–Crippen LogP) is 5.26. The molecular weight excluding hydrogens is 298 g/mol. The maximum absolute atomic E-state index is 12.6. The fraction of sp³-hybridized carbons (Fsp3) is 0.0769. The van der Waals surface area contributed by atoms with E-state index in [1.807, 2.05) is 0 Å². The van der Waals surface area contributed by atoms with E-state index in [9.17, 15) is 13.2 Å². The molecule has 0 fully saturated rings. The molecule has 2 rings (SSSR count). The van der Waals surface area contributed by atoms with Crippen molar-refractivity contribution in [3.63, 3.8) is 0 Å². The molecule has 0 aliphatic carbocycles. The maximum Gasteiger partial charge on any atom is 0.416 e. The minimum Gasteiger partial charge on any atom is -0.396 e. The van der Waals surface area contributed by atoms with Gasteiger partial charge in [0.1, 0.15) is 0 Å². The second-order valence-corrected chi connectivity index (χ2v) is 4.75. The second-order valence-electron chi connectivity index (χ2n) is 3.93. The van der Waals surface area contributed by atoms with E-state index in [1.165, 1.54) is 18.2 Å². The van der Waals surface area contributed by atoms with Crippen molar-refractivity contribution in [2.45, 2.75) is 6.18 Å². The van der Waals surface area contributed by atoms with Gasteiger partial charge in [0.15, 0.2) is 0 Å². The van der Waals surface area contributed by atoms with E-state index in [0.29, 0.717) is 11.1 Å². The molecule has 0 heterocycles. The Hall–Kier alpha value is -1.39. The second kappa shape index (κ2) is 4.94. The Labute approximate surface area is 117 Å². The average molecular weight is 306 g/mol. The van der Waals surface area contributed by atoms with Crippen LogP contribution in [0.2, 0.25) is 10.0 Å². The molecular formula is C13H8Cl2F3N. The normalized spacial score (nSPS) is 11.6. The summed E-state index contributed by atoms with van der Waals surface area (Å²) in [4.78, 5) is 0. The Morgan fingerprint density at radius 2 is 1.47 bits per heavy atom. The zero-order valence-electron chi connectivity index (χ0n) is 9.43. The van der Waals surface area contributed by atoms with Crippen molar-refractivity contribution in [3.05, 3.63) is 52.0 Å². The average Bonchev–Trinajstić information content (AvgIpc) is 2.34. The van der Waals surface area contributed by atoms with Crippen LogP contribution < -0.4 is 5.73 Å². The molecule has 0 atom stereocenters. The first-order valence-electron chi connectivity index (χ1n) is 5.21. The molecule has 2 aromatic carbocycles. The summed E-state index contributed by atoms with van der Waals surface area (Å²) in [6.07, 6.45) is -4.39. The summed E-state index contributed by atoms with van der Waals surface area (Å²) in [5, 5.41) is 0.417. The third-order valence-electron chi connectivity index (χ3n) is 2.60.